The number of rotatable bonds is 2. The Balaban J connectivity index is 2.34. The smallest absolute Gasteiger partial charge is 0.194 e. The first-order valence-corrected chi connectivity index (χ1v) is 6.99. The van der Waals surface area contributed by atoms with E-state index in [1.165, 1.54) is 11.8 Å². The summed E-state index contributed by atoms with van der Waals surface area (Å²) in [6.45, 7) is 5.98. The summed E-state index contributed by atoms with van der Waals surface area (Å²) in [7, 11) is 0. The standard InChI is InChI=1S/C12H13BrN4S/c1-6-7(2)16-12(17-8(6)3)18-11-10(14)4-9(13)5-15-11/h4-5H,14H2,1-3H3. The Morgan fingerprint density at radius 1 is 1.17 bits per heavy atom. The van der Waals surface area contributed by atoms with Crippen LogP contribution in [0.3, 0.4) is 0 Å². The summed E-state index contributed by atoms with van der Waals surface area (Å²) in [5.74, 6) is 0. The normalized spacial score (nSPS) is 10.7. The average Bonchev–Trinajstić information content (AvgIpc) is 2.29. The van der Waals surface area contributed by atoms with Gasteiger partial charge in [-0.15, -0.1) is 0 Å². The van der Waals surface area contributed by atoms with Crippen LogP contribution in [0.5, 0.6) is 0 Å². The fraction of sp³-hybridized carbons (Fsp3) is 0.250. The lowest BCUT2D eigenvalue weighted by atomic mass is 10.2. The van der Waals surface area contributed by atoms with Crippen molar-refractivity contribution in [2.75, 3.05) is 5.73 Å². The molecule has 0 aliphatic rings. The van der Waals surface area contributed by atoms with Gasteiger partial charge in [-0.1, -0.05) is 0 Å². The highest BCUT2D eigenvalue weighted by atomic mass is 79.9. The van der Waals surface area contributed by atoms with Gasteiger partial charge in [0.15, 0.2) is 5.16 Å². The highest BCUT2D eigenvalue weighted by Crippen LogP contribution is 2.30. The lowest BCUT2D eigenvalue weighted by Crippen LogP contribution is -1.99. The van der Waals surface area contributed by atoms with Gasteiger partial charge in [0.05, 0.1) is 5.69 Å². The predicted octanol–water partition coefficient (Wildman–Crippen LogP) is 3.29. The molecule has 2 rings (SSSR count). The second-order valence-electron chi connectivity index (χ2n) is 3.95. The molecule has 0 saturated heterocycles. The van der Waals surface area contributed by atoms with Crippen LogP contribution >= 0.6 is 27.7 Å². The molecule has 0 unspecified atom stereocenters. The minimum atomic E-state index is 0.619. The quantitative estimate of drug-likeness (QED) is 0.858. The molecule has 0 aliphatic heterocycles. The van der Waals surface area contributed by atoms with Crippen LogP contribution in [0.25, 0.3) is 0 Å². The lowest BCUT2D eigenvalue weighted by Gasteiger charge is -2.07. The van der Waals surface area contributed by atoms with Crippen LogP contribution in [-0.4, -0.2) is 15.0 Å². The van der Waals surface area contributed by atoms with Gasteiger partial charge in [0.2, 0.25) is 0 Å². The molecule has 0 bridgehead atoms. The maximum atomic E-state index is 5.91. The summed E-state index contributed by atoms with van der Waals surface area (Å²) in [5.41, 5.74) is 9.62. The number of nitrogens with zero attached hydrogens (tertiary/aromatic N) is 3. The molecule has 0 aliphatic carbocycles. The maximum absolute atomic E-state index is 5.91. The van der Waals surface area contributed by atoms with Crippen molar-refractivity contribution in [2.45, 2.75) is 31.0 Å². The Morgan fingerprint density at radius 2 is 1.78 bits per heavy atom. The molecule has 0 saturated carbocycles. The summed E-state index contributed by atoms with van der Waals surface area (Å²) < 4.78 is 0.863. The fourth-order valence-corrected chi connectivity index (χ4v) is 2.57. The number of nitrogens with two attached hydrogens (primary N) is 1. The number of aryl methyl sites for hydroxylation is 2. The molecule has 2 aromatic heterocycles. The van der Waals surface area contributed by atoms with Crippen molar-refractivity contribution in [3.8, 4) is 0 Å². The molecule has 6 heteroatoms. The lowest BCUT2D eigenvalue weighted by molar-refractivity contribution is 0.878. The molecule has 2 aromatic rings. The van der Waals surface area contributed by atoms with E-state index in [4.69, 9.17) is 5.73 Å². The van der Waals surface area contributed by atoms with Gasteiger partial charge in [0.1, 0.15) is 5.03 Å². The van der Waals surface area contributed by atoms with E-state index in [9.17, 15) is 0 Å². The van der Waals surface area contributed by atoms with E-state index >= 15 is 0 Å². The zero-order valence-corrected chi connectivity index (χ0v) is 12.8. The van der Waals surface area contributed by atoms with Gasteiger partial charge in [-0.2, -0.15) is 0 Å². The van der Waals surface area contributed by atoms with Crippen LogP contribution in [0, 0.1) is 20.8 Å². The number of anilines is 1. The molecule has 0 atom stereocenters. The summed E-state index contributed by atoms with van der Waals surface area (Å²) in [4.78, 5) is 13.1. The van der Waals surface area contributed by atoms with Gasteiger partial charge < -0.3 is 5.73 Å². The Labute approximate surface area is 119 Å². The molecular formula is C12H13BrN4S. The van der Waals surface area contributed by atoms with E-state index in [2.05, 4.69) is 30.9 Å². The molecular weight excluding hydrogens is 312 g/mol. The predicted molar refractivity (Wildman–Crippen MR) is 76.7 cm³/mol. The van der Waals surface area contributed by atoms with Crippen LogP contribution in [-0.2, 0) is 0 Å². The van der Waals surface area contributed by atoms with E-state index in [0.29, 0.717) is 10.8 Å². The van der Waals surface area contributed by atoms with Crippen molar-refractivity contribution >= 4 is 33.4 Å². The van der Waals surface area contributed by atoms with E-state index < -0.39 is 0 Å². The summed E-state index contributed by atoms with van der Waals surface area (Å²) in [5, 5.41) is 1.40. The zero-order valence-electron chi connectivity index (χ0n) is 10.4. The summed E-state index contributed by atoms with van der Waals surface area (Å²) >= 11 is 4.71. The van der Waals surface area contributed by atoms with Crippen LogP contribution in [0.15, 0.2) is 26.9 Å². The third kappa shape index (κ3) is 2.81. The van der Waals surface area contributed by atoms with Crippen LogP contribution < -0.4 is 5.73 Å². The molecule has 4 nitrogen and oxygen atoms in total. The third-order valence-corrected chi connectivity index (χ3v) is 3.98. The minimum Gasteiger partial charge on any atom is -0.396 e. The van der Waals surface area contributed by atoms with Crippen molar-refractivity contribution in [3.63, 3.8) is 0 Å². The topological polar surface area (TPSA) is 64.7 Å². The summed E-state index contributed by atoms with van der Waals surface area (Å²) in [6.07, 6.45) is 1.71. The van der Waals surface area contributed by atoms with Crippen molar-refractivity contribution in [3.05, 3.63) is 33.7 Å². The highest BCUT2D eigenvalue weighted by molar-refractivity contribution is 9.10. The molecule has 0 radical (unpaired) electrons. The van der Waals surface area contributed by atoms with Crippen LogP contribution in [0.4, 0.5) is 5.69 Å². The Bertz CT molecular complexity index is 578. The third-order valence-electron chi connectivity index (χ3n) is 2.65. The number of hydrogen-bond donors (Lipinski definition) is 1. The first-order chi connectivity index (χ1) is 8.47. The van der Waals surface area contributed by atoms with Gasteiger partial charge in [-0.25, -0.2) is 15.0 Å². The van der Waals surface area contributed by atoms with Gasteiger partial charge in [-0.05, 0) is 60.1 Å². The minimum absolute atomic E-state index is 0.619. The Kier molecular flexibility index (Phi) is 3.87. The van der Waals surface area contributed by atoms with Crippen molar-refractivity contribution in [1.29, 1.82) is 0 Å². The van der Waals surface area contributed by atoms with Crippen molar-refractivity contribution < 1.29 is 0 Å². The maximum Gasteiger partial charge on any atom is 0.194 e. The molecule has 2 heterocycles. The van der Waals surface area contributed by atoms with Crippen molar-refractivity contribution in [1.82, 2.24) is 15.0 Å². The van der Waals surface area contributed by atoms with E-state index in [0.717, 1.165) is 26.4 Å². The van der Waals surface area contributed by atoms with Crippen LogP contribution in [0.1, 0.15) is 17.0 Å². The van der Waals surface area contributed by atoms with E-state index in [1.807, 2.05) is 26.8 Å². The SMILES string of the molecule is Cc1nc(Sc2ncc(Br)cc2N)nc(C)c1C. The van der Waals surface area contributed by atoms with Gasteiger partial charge in [0.25, 0.3) is 0 Å². The second kappa shape index (κ2) is 5.24. The van der Waals surface area contributed by atoms with Crippen molar-refractivity contribution in [2.24, 2.45) is 0 Å². The van der Waals surface area contributed by atoms with Gasteiger partial charge in [-0.3, -0.25) is 0 Å². The number of halogens is 1. The molecule has 0 fully saturated rings. The number of aromatic nitrogens is 3. The Hall–Kier alpha value is -1.14. The van der Waals surface area contributed by atoms with Crippen LogP contribution in [0.2, 0.25) is 0 Å². The molecule has 2 N–H and O–H groups in total. The molecule has 94 valence electrons. The molecule has 0 amide bonds. The zero-order chi connectivity index (χ0) is 13.3. The molecule has 0 aromatic carbocycles. The van der Waals surface area contributed by atoms with Gasteiger partial charge in [0, 0.05) is 22.1 Å². The largest absolute Gasteiger partial charge is 0.396 e. The second-order valence-corrected chi connectivity index (χ2v) is 5.82. The highest BCUT2D eigenvalue weighted by Gasteiger charge is 2.09. The molecule has 0 spiro atoms. The first kappa shape index (κ1) is 13.3. The fourth-order valence-electron chi connectivity index (χ4n) is 1.40. The number of hydrogen-bond acceptors (Lipinski definition) is 5. The monoisotopic (exact) mass is 324 g/mol. The first-order valence-electron chi connectivity index (χ1n) is 5.38. The summed E-state index contributed by atoms with van der Waals surface area (Å²) in [6, 6.07) is 1.82. The number of nitrogen functional groups attached to an aromatic ring is 1. The van der Waals surface area contributed by atoms with Gasteiger partial charge >= 0.3 is 0 Å². The Morgan fingerprint density at radius 3 is 2.33 bits per heavy atom. The van der Waals surface area contributed by atoms with E-state index in [1.54, 1.807) is 6.20 Å². The average molecular weight is 325 g/mol. The van der Waals surface area contributed by atoms with E-state index in [-0.39, 0.29) is 0 Å². The number of pyridine rings is 1. The molecule has 18 heavy (non-hydrogen) atoms.